The second-order valence-corrected chi connectivity index (χ2v) is 7.74. The van der Waals surface area contributed by atoms with E-state index in [1.807, 2.05) is 49.4 Å². The van der Waals surface area contributed by atoms with Crippen LogP contribution in [-0.2, 0) is 0 Å². The van der Waals surface area contributed by atoms with Crippen molar-refractivity contribution in [3.63, 3.8) is 0 Å². The average molecular weight is 361 g/mol. The van der Waals surface area contributed by atoms with Gasteiger partial charge in [0.15, 0.2) is 5.82 Å². The normalized spacial score (nSPS) is 12.4. The SMILES string of the molecule is Cc1ccc(-c2nc3sc(=Cc4ccc(C(C)C)cc4)c(=O)n3n2)cc1. The molecular formula is C21H19N3OS. The van der Waals surface area contributed by atoms with Crippen LogP contribution in [0.15, 0.2) is 53.3 Å². The summed E-state index contributed by atoms with van der Waals surface area (Å²) < 4.78 is 2.04. The molecule has 0 radical (unpaired) electrons. The number of aryl methyl sites for hydroxylation is 1. The lowest BCUT2D eigenvalue weighted by Gasteiger charge is -2.04. The molecule has 0 bridgehead atoms. The predicted octanol–water partition coefficient (Wildman–Crippen LogP) is 3.80. The Bertz CT molecular complexity index is 1170. The Morgan fingerprint density at radius 1 is 1.04 bits per heavy atom. The van der Waals surface area contributed by atoms with Crippen LogP contribution in [0, 0.1) is 6.92 Å². The molecule has 130 valence electrons. The molecule has 0 unspecified atom stereocenters. The number of hydrogen-bond acceptors (Lipinski definition) is 4. The molecule has 5 heteroatoms. The Kier molecular flexibility index (Phi) is 4.17. The first-order valence-corrected chi connectivity index (χ1v) is 9.41. The summed E-state index contributed by atoms with van der Waals surface area (Å²) in [5.74, 6) is 1.08. The fraction of sp³-hybridized carbons (Fsp3) is 0.190. The van der Waals surface area contributed by atoms with Crippen LogP contribution in [0.5, 0.6) is 0 Å². The molecule has 4 nitrogen and oxygen atoms in total. The Morgan fingerprint density at radius 2 is 1.73 bits per heavy atom. The fourth-order valence-electron chi connectivity index (χ4n) is 2.79. The number of fused-ring (bicyclic) bond motifs is 1. The number of hydrogen-bond donors (Lipinski definition) is 0. The van der Waals surface area contributed by atoms with E-state index in [1.165, 1.54) is 27.0 Å². The van der Waals surface area contributed by atoms with Gasteiger partial charge in [0, 0.05) is 5.56 Å². The average Bonchev–Trinajstić information content (AvgIpc) is 3.16. The van der Waals surface area contributed by atoms with E-state index >= 15 is 0 Å². The van der Waals surface area contributed by atoms with Gasteiger partial charge < -0.3 is 0 Å². The zero-order valence-electron chi connectivity index (χ0n) is 14.9. The molecular weight excluding hydrogens is 342 g/mol. The Labute approximate surface area is 155 Å². The first kappa shape index (κ1) is 16.7. The van der Waals surface area contributed by atoms with Crippen LogP contribution in [-0.4, -0.2) is 14.6 Å². The molecule has 4 rings (SSSR count). The minimum absolute atomic E-state index is 0.121. The highest BCUT2D eigenvalue weighted by Gasteiger charge is 2.11. The van der Waals surface area contributed by atoms with Crippen LogP contribution in [0.3, 0.4) is 0 Å². The summed E-state index contributed by atoms with van der Waals surface area (Å²) in [5, 5.41) is 4.40. The molecule has 2 aromatic carbocycles. The van der Waals surface area contributed by atoms with Gasteiger partial charge in [0.1, 0.15) is 0 Å². The predicted molar refractivity (Wildman–Crippen MR) is 107 cm³/mol. The summed E-state index contributed by atoms with van der Waals surface area (Å²) in [6, 6.07) is 16.3. The van der Waals surface area contributed by atoms with Crippen LogP contribution < -0.4 is 10.1 Å². The third-order valence-electron chi connectivity index (χ3n) is 4.39. The molecule has 0 spiro atoms. The van der Waals surface area contributed by atoms with Crippen LogP contribution in [0.4, 0.5) is 0 Å². The minimum atomic E-state index is -0.121. The van der Waals surface area contributed by atoms with Crippen molar-refractivity contribution < 1.29 is 0 Å². The van der Waals surface area contributed by atoms with Gasteiger partial charge in [0.2, 0.25) is 4.96 Å². The van der Waals surface area contributed by atoms with Crippen molar-refractivity contribution in [3.8, 4) is 11.4 Å². The number of nitrogens with zero attached hydrogens (tertiary/aromatic N) is 3. The molecule has 0 saturated heterocycles. The second kappa shape index (κ2) is 6.50. The summed E-state index contributed by atoms with van der Waals surface area (Å²) >= 11 is 1.37. The first-order valence-electron chi connectivity index (χ1n) is 8.59. The second-order valence-electron chi connectivity index (χ2n) is 6.73. The molecule has 0 fully saturated rings. The Balaban J connectivity index is 1.73. The van der Waals surface area contributed by atoms with Gasteiger partial charge in [0.05, 0.1) is 4.53 Å². The fourth-order valence-corrected chi connectivity index (χ4v) is 3.69. The molecule has 0 aliphatic rings. The standard InChI is InChI=1S/C21H19N3OS/c1-13(2)16-10-6-15(7-11-16)12-18-20(25)24-21(26-18)22-19(23-24)17-8-4-14(3)5-9-17/h4-13H,1-3H3. The lowest BCUT2D eigenvalue weighted by molar-refractivity contribution is 0.866. The molecule has 0 aliphatic carbocycles. The minimum Gasteiger partial charge on any atom is -0.266 e. The highest BCUT2D eigenvalue weighted by Crippen LogP contribution is 2.17. The van der Waals surface area contributed by atoms with E-state index in [4.69, 9.17) is 0 Å². The molecule has 0 aliphatic heterocycles. The summed E-state index contributed by atoms with van der Waals surface area (Å²) in [6.45, 7) is 6.37. The van der Waals surface area contributed by atoms with Gasteiger partial charge in [-0.2, -0.15) is 9.50 Å². The molecule has 0 saturated carbocycles. The Morgan fingerprint density at radius 3 is 2.35 bits per heavy atom. The van der Waals surface area contributed by atoms with Crippen molar-refractivity contribution in [2.24, 2.45) is 0 Å². The topological polar surface area (TPSA) is 47.3 Å². The van der Waals surface area contributed by atoms with Crippen molar-refractivity contribution in [2.75, 3.05) is 0 Å². The van der Waals surface area contributed by atoms with Gasteiger partial charge in [-0.3, -0.25) is 4.79 Å². The van der Waals surface area contributed by atoms with Gasteiger partial charge in [-0.1, -0.05) is 79.3 Å². The maximum absolute atomic E-state index is 12.6. The molecule has 4 aromatic rings. The van der Waals surface area contributed by atoms with E-state index in [2.05, 4.69) is 36.1 Å². The monoisotopic (exact) mass is 361 g/mol. The van der Waals surface area contributed by atoms with Gasteiger partial charge in [-0.25, -0.2) is 0 Å². The third kappa shape index (κ3) is 3.06. The van der Waals surface area contributed by atoms with Crippen LogP contribution in [0.25, 0.3) is 22.4 Å². The number of rotatable bonds is 3. The lowest BCUT2D eigenvalue weighted by Crippen LogP contribution is -2.23. The van der Waals surface area contributed by atoms with Crippen molar-refractivity contribution in [1.82, 2.24) is 14.6 Å². The van der Waals surface area contributed by atoms with E-state index in [9.17, 15) is 4.79 Å². The van der Waals surface area contributed by atoms with E-state index in [0.29, 0.717) is 21.2 Å². The van der Waals surface area contributed by atoms with Crippen molar-refractivity contribution in [3.05, 3.63) is 80.1 Å². The quantitative estimate of drug-likeness (QED) is 0.558. The third-order valence-corrected chi connectivity index (χ3v) is 5.35. The van der Waals surface area contributed by atoms with Gasteiger partial charge >= 0.3 is 0 Å². The summed E-state index contributed by atoms with van der Waals surface area (Å²) in [6.07, 6.45) is 1.90. The molecule has 2 heterocycles. The van der Waals surface area contributed by atoms with Crippen LogP contribution in [0.1, 0.15) is 36.5 Å². The van der Waals surface area contributed by atoms with E-state index in [1.54, 1.807) is 0 Å². The zero-order valence-corrected chi connectivity index (χ0v) is 15.7. The summed E-state index contributed by atoms with van der Waals surface area (Å²) in [7, 11) is 0. The zero-order chi connectivity index (χ0) is 18.3. The van der Waals surface area contributed by atoms with Crippen LogP contribution >= 0.6 is 11.3 Å². The number of thiazole rings is 1. The number of benzene rings is 2. The van der Waals surface area contributed by atoms with Crippen molar-refractivity contribution >= 4 is 22.4 Å². The first-order chi connectivity index (χ1) is 12.5. The Hall–Kier alpha value is -2.79. The van der Waals surface area contributed by atoms with E-state index in [-0.39, 0.29) is 5.56 Å². The smallest absolute Gasteiger partial charge is 0.266 e. The van der Waals surface area contributed by atoms with Crippen LogP contribution in [0.2, 0.25) is 0 Å². The molecule has 2 aromatic heterocycles. The van der Waals surface area contributed by atoms with Crippen molar-refractivity contribution in [1.29, 1.82) is 0 Å². The number of aromatic nitrogens is 3. The molecule has 0 atom stereocenters. The molecule has 0 amide bonds. The summed E-state index contributed by atoms with van der Waals surface area (Å²) in [4.78, 5) is 17.8. The van der Waals surface area contributed by atoms with Gasteiger partial charge in [-0.15, -0.1) is 5.10 Å². The highest BCUT2D eigenvalue weighted by atomic mass is 32.1. The summed E-state index contributed by atoms with van der Waals surface area (Å²) in [5.41, 5.74) is 4.27. The maximum Gasteiger partial charge on any atom is 0.291 e. The van der Waals surface area contributed by atoms with Gasteiger partial charge in [0.25, 0.3) is 5.56 Å². The van der Waals surface area contributed by atoms with Gasteiger partial charge in [-0.05, 0) is 30.0 Å². The highest BCUT2D eigenvalue weighted by molar-refractivity contribution is 7.15. The largest absolute Gasteiger partial charge is 0.291 e. The van der Waals surface area contributed by atoms with E-state index < -0.39 is 0 Å². The van der Waals surface area contributed by atoms with Crippen molar-refractivity contribution in [2.45, 2.75) is 26.7 Å². The maximum atomic E-state index is 12.6. The lowest BCUT2D eigenvalue weighted by atomic mass is 10.0. The van der Waals surface area contributed by atoms with E-state index in [0.717, 1.165) is 11.1 Å². The molecule has 26 heavy (non-hydrogen) atoms. The molecule has 0 N–H and O–H groups in total.